The molecule has 8 heteroatoms. The van der Waals surface area contributed by atoms with Gasteiger partial charge in [0.15, 0.2) is 5.11 Å². The van der Waals surface area contributed by atoms with E-state index in [9.17, 15) is 0 Å². The van der Waals surface area contributed by atoms with E-state index < -0.39 is 0 Å². The number of piperazine rings is 1. The molecule has 140 valence electrons. The van der Waals surface area contributed by atoms with Crippen molar-refractivity contribution in [1.29, 1.82) is 0 Å². The van der Waals surface area contributed by atoms with E-state index in [0.29, 0.717) is 5.11 Å². The minimum Gasteiger partial charge on any atom is -0.399 e. The molecule has 0 unspecified atom stereocenters. The Labute approximate surface area is 164 Å². The quantitative estimate of drug-likeness (QED) is 0.416. The lowest BCUT2D eigenvalue weighted by Crippen LogP contribution is -2.51. The van der Waals surface area contributed by atoms with Crippen LogP contribution in [0.25, 0.3) is 0 Å². The minimum absolute atomic E-state index is 0.658. The number of fused-ring (bicyclic) bond motifs is 1. The number of nitrogens with two attached hydrogens (primary N) is 1. The fraction of sp³-hybridized carbons (Fsp3) is 0.316. The van der Waals surface area contributed by atoms with Crippen molar-refractivity contribution in [3.63, 3.8) is 0 Å². The number of nitrogen functional groups attached to an aromatic ring is 1. The number of hydrogen-bond acceptors (Lipinski definition) is 6. The summed E-state index contributed by atoms with van der Waals surface area (Å²) in [6, 6.07) is 11.9. The van der Waals surface area contributed by atoms with E-state index in [0.717, 1.165) is 67.6 Å². The SMILES string of the molecule is Nc1cccc(N2CCN(C(=S)N/N=C3/CCNc4cccnc43)CC2)c1. The highest BCUT2D eigenvalue weighted by molar-refractivity contribution is 7.80. The zero-order valence-electron chi connectivity index (χ0n) is 15.1. The highest BCUT2D eigenvalue weighted by Gasteiger charge is 2.20. The van der Waals surface area contributed by atoms with Gasteiger partial charge in [-0.25, -0.2) is 0 Å². The van der Waals surface area contributed by atoms with Gasteiger partial charge in [0.05, 0.1) is 11.4 Å². The van der Waals surface area contributed by atoms with Crippen molar-refractivity contribution < 1.29 is 0 Å². The van der Waals surface area contributed by atoms with Crippen LogP contribution in [0.5, 0.6) is 0 Å². The largest absolute Gasteiger partial charge is 0.399 e. The summed E-state index contributed by atoms with van der Waals surface area (Å²) >= 11 is 5.55. The van der Waals surface area contributed by atoms with Gasteiger partial charge in [-0.2, -0.15) is 5.10 Å². The van der Waals surface area contributed by atoms with Gasteiger partial charge in [0, 0.05) is 56.7 Å². The molecule has 3 heterocycles. The molecule has 0 atom stereocenters. The van der Waals surface area contributed by atoms with E-state index in [2.05, 4.69) is 36.7 Å². The molecule has 1 saturated heterocycles. The zero-order chi connectivity index (χ0) is 18.6. The van der Waals surface area contributed by atoms with Crippen LogP contribution in [0.1, 0.15) is 12.1 Å². The van der Waals surface area contributed by atoms with Crippen LogP contribution in [-0.2, 0) is 0 Å². The molecule has 0 aliphatic carbocycles. The van der Waals surface area contributed by atoms with Crippen LogP contribution in [0.3, 0.4) is 0 Å². The molecule has 1 aromatic heterocycles. The van der Waals surface area contributed by atoms with Gasteiger partial charge in [-0.3, -0.25) is 10.4 Å². The molecule has 1 fully saturated rings. The smallest absolute Gasteiger partial charge is 0.189 e. The maximum atomic E-state index is 5.89. The van der Waals surface area contributed by atoms with Crippen molar-refractivity contribution in [1.82, 2.24) is 15.3 Å². The van der Waals surface area contributed by atoms with Gasteiger partial charge in [0.2, 0.25) is 0 Å². The average Bonchev–Trinajstić information content (AvgIpc) is 2.72. The second-order valence-electron chi connectivity index (χ2n) is 6.62. The molecular weight excluding hydrogens is 358 g/mol. The standard InChI is InChI=1S/C19H23N7S/c20-14-3-1-4-15(13-14)25-9-11-26(12-10-25)19(27)24-23-17-6-8-21-16-5-2-7-22-18(16)17/h1-5,7,13,21H,6,8-12,20H2,(H,24,27)/b23-17-. The van der Waals surface area contributed by atoms with Crippen LogP contribution in [0.15, 0.2) is 47.7 Å². The number of hydrogen-bond donors (Lipinski definition) is 3. The fourth-order valence-corrected chi connectivity index (χ4v) is 3.62. The lowest BCUT2D eigenvalue weighted by molar-refractivity contribution is 0.381. The third-order valence-electron chi connectivity index (χ3n) is 4.85. The Bertz CT molecular complexity index is 859. The molecule has 4 rings (SSSR count). The maximum Gasteiger partial charge on any atom is 0.189 e. The average molecular weight is 382 g/mol. The van der Waals surface area contributed by atoms with Gasteiger partial charge in [0.25, 0.3) is 0 Å². The third kappa shape index (κ3) is 3.95. The maximum absolute atomic E-state index is 5.89. The lowest BCUT2D eigenvalue weighted by Gasteiger charge is -2.37. The summed E-state index contributed by atoms with van der Waals surface area (Å²) < 4.78 is 0. The van der Waals surface area contributed by atoms with Crippen LogP contribution < -0.4 is 21.4 Å². The van der Waals surface area contributed by atoms with Crippen LogP contribution in [0.2, 0.25) is 0 Å². The first-order chi connectivity index (χ1) is 13.2. The van der Waals surface area contributed by atoms with Gasteiger partial charge in [-0.15, -0.1) is 0 Å². The highest BCUT2D eigenvalue weighted by Crippen LogP contribution is 2.20. The summed E-state index contributed by atoms with van der Waals surface area (Å²) in [5.41, 5.74) is 13.8. The van der Waals surface area contributed by atoms with Gasteiger partial charge in [-0.1, -0.05) is 6.07 Å². The van der Waals surface area contributed by atoms with E-state index in [-0.39, 0.29) is 0 Å². The molecule has 2 aromatic rings. The van der Waals surface area contributed by atoms with Gasteiger partial charge in [-0.05, 0) is 42.5 Å². The summed E-state index contributed by atoms with van der Waals surface area (Å²) in [6.07, 6.45) is 2.61. The van der Waals surface area contributed by atoms with E-state index >= 15 is 0 Å². The minimum atomic E-state index is 0.658. The van der Waals surface area contributed by atoms with Crippen LogP contribution >= 0.6 is 12.2 Å². The Balaban J connectivity index is 1.35. The Morgan fingerprint density at radius 1 is 1.19 bits per heavy atom. The third-order valence-corrected chi connectivity index (χ3v) is 5.20. The van der Waals surface area contributed by atoms with Crippen LogP contribution in [0, 0.1) is 0 Å². The van der Waals surface area contributed by atoms with Gasteiger partial charge < -0.3 is 20.9 Å². The summed E-state index contributed by atoms with van der Waals surface area (Å²) in [7, 11) is 0. The van der Waals surface area contributed by atoms with Crippen LogP contribution in [0.4, 0.5) is 17.1 Å². The number of benzene rings is 1. The van der Waals surface area contributed by atoms with E-state index in [1.54, 1.807) is 6.20 Å². The van der Waals surface area contributed by atoms with Crippen molar-refractivity contribution in [2.75, 3.05) is 48.7 Å². The molecule has 4 N–H and O–H groups in total. The molecule has 0 spiro atoms. The first-order valence-electron chi connectivity index (χ1n) is 9.12. The normalized spacial score (nSPS) is 18.0. The van der Waals surface area contributed by atoms with Crippen molar-refractivity contribution in [2.45, 2.75) is 6.42 Å². The fourth-order valence-electron chi connectivity index (χ4n) is 3.40. The van der Waals surface area contributed by atoms with Crippen molar-refractivity contribution in [3.05, 3.63) is 48.3 Å². The predicted molar refractivity (Wildman–Crippen MR) is 114 cm³/mol. The molecule has 2 aliphatic heterocycles. The molecule has 7 nitrogen and oxygen atoms in total. The van der Waals surface area contributed by atoms with Crippen molar-refractivity contribution in [2.24, 2.45) is 5.10 Å². The lowest BCUT2D eigenvalue weighted by atomic mass is 10.1. The highest BCUT2D eigenvalue weighted by atomic mass is 32.1. The summed E-state index contributed by atoms with van der Waals surface area (Å²) in [5, 5.41) is 8.54. The summed E-state index contributed by atoms with van der Waals surface area (Å²) in [4.78, 5) is 8.92. The molecule has 0 bridgehead atoms. The van der Waals surface area contributed by atoms with E-state index in [1.807, 2.05) is 30.3 Å². The Kier molecular flexibility index (Phi) is 5.06. The monoisotopic (exact) mass is 381 g/mol. The Hall–Kier alpha value is -2.87. The first-order valence-corrected chi connectivity index (χ1v) is 9.53. The number of anilines is 3. The number of thiocarbonyl (C=S) groups is 1. The number of pyridine rings is 1. The second-order valence-corrected chi connectivity index (χ2v) is 7.01. The Morgan fingerprint density at radius 2 is 2.04 bits per heavy atom. The van der Waals surface area contributed by atoms with Gasteiger partial charge in [0.1, 0.15) is 5.69 Å². The molecule has 2 aliphatic rings. The molecule has 0 amide bonds. The predicted octanol–water partition coefficient (Wildman–Crippen LogP) is 1.88. The molecule has 0 radical (unpaired) electrons. The van der Waals surface area contributed by atoms with E-state index in [4.69, 9.17) is 18.0 Å². The van der Waals surface area contributed by atoms with Crippen LogP contribution in [-0.4, -0.2) is 53.4 Å². The summed E-state index contributed by atoms with van der Waals surface area (Å²) in [6.45, 7) is 4.35. The number of hydrazone groups is 1. The number of nitrogens with zero attached hydrogens (tertiary/aromatic N) is 4. The number of rotatable bonds is 2. The van der Waals surface area contributed by atoms with Crippen molar-refractivity contribution in [3.8, 4) is 0 Å². The molecule has 27 heavy (non-hydrogen) atoms. The Morgan fingerprint density at radius 3 is 2.85 bits per heavy atom. The molecule has 0 saturated carbocycles. The first kappa shape index (κ1) is 17.5. The number of aromatic nitrogens is 1. The molecule has 1 aromatic carbocycles. The zero-order valence-corrected chi connectivity index (χ0v) is 15.9. The second kappa shape index (κ2) is 7.79. The van der Waals surface area contributed by atoms with Crippen molar-refractivity contribution >= 4 is 40.1 Å². The number of nitrogens with one attached hydrogen (secondary N) is 2. The molecular formula is C19H23N7S. The summed E-state index contributed by atoms with van der Waals surface area (Å²) in [5.74, 6) is 0. The topological polar surface area (TPSA) is 81.8 Å². The van der Waals surface area contributed by atoms with E-state index in [1.165, 1.54) is 0 Å². The van der Waals surface area contributed by atoms with Gasteiger partial charge >= 0.3 is 0 Å².